The van der Waals surface area contributed by atoms with Gasteiger partial charge in [-0.1, -0.05) is 5.16 Å². The Balaban J connectivity index is 2.38. The summed E-state index contributed by atoms with van der Waals surface area (Å²) in [7, 11) is 1.55. The van der Waals surface area contributed by atoms with E-state index in [0.717, 1.165) is 0 Å². The second-order valence-corrected chi connectivity index (χ2v) is 2.53. The molecule has 2 aromatic heterocycles. The molecule has 0 aliphatic heterocycles. The van der Waals surface area contributed by atoms with Gasteiger partial charge in [0.2, 0.25) is 5.82 Å². The van der Waals surface area contributed by atoms with E-state index in [1.807, 2.05) is 0 Å². The molecule has 72 valence electrons. The quantitative estimate of drug-likeness (QED) is 0.748. The molecule has 0 saturated carbocycles. The maximum atomic E-state index is 10.6. The molecule has 0 aliphatic carbocycles. The molecule has 6 heteroatoms. The molecule has 0 aliphatic rings. The van der Waals surface area contributed by atoms with Crippen molar-refractivity contribution in [3.63, 3.8) is 0 Å². The van der Waals surface area contributed by atoms with Crippen molar-refractivity contribution in [1.29, 1.82) is 0 Å². The van der Waals surface area contributed by atoms with Crippen molar-refractivity contribution in [1.82, 2.24) is 15.1 Å². The van der Waals surface area contributed by atoms with Crippen LogP contribution in [0.3, 0.4) is 0 Å². The van der Waals surface area contributed by atoms with Crippen LogP contribution in [0.1, 0.15) is 0 Å². The van der Waals surface area contributed by atoms with Gasteiger partial charge in [-0.15, -0.1) is 0 Å². The third kappa shape index (κ3) is 1.49. The molecule has 0 radical (unpaired) electrons. The maximum absolute atomic E-state index is 10.6. The van der Waals surface area contributed by atoms with E-state index >= 15 is 0 Å². The van der Waals surface area contributed by atoms with E-state index in [1.54, 1.807) is 19.2 Å². The predicted molar refractivity (Wildman–Crippen MR) is 46.9 cm³/mol. The summed E-state index contributed by atoms with van der Waals surface area (Å²) in [6.45, 7) is 0. The van der Waals surface area contributed by atoms with Gasteiger partial charge in [-0.2, -0.15) is 0 Å². The topological polar surface area (TPSA) is 81.0 Å². The molecule has 0 fully saturated rings. The van der Waals surface area contributed by atoms with Crippen molar-refractivity contribution < 1.29 is 9.26 Å². The number of ether oxygens (including phenoxy) is 1. The van der Waals surface area contributed by atoms with Gasteiger partial charge in [-0.3, -0.25) is 9.51 Å². The monoisotopic (exact) mass is 193 g/mol. The second kappa shape index (κ2) is 3.33. The molecule has 6 nitrogen and oxygen atoms in total. The highest BCUT2D eigenvalue weighted by Gasteiger charge is 2.04. The lowest BCUT2D eigenvalue weighted by atomic mass is 10.3. The molecule has 0 unspecified atom stereocenters. The predicted octanol–water partition coefficient (Wildman–Crippen LogP) is 0.433. The molecular formula is C8H7N3O3. The van der Waals surface area contributed by atoms with Crippen LogP contribution in [0.25, 0.3) is 11.5 Å². The van der Waals surface area contributed by atoms with E-state index < -0.39 is 5.76 Å². The zero-order valence-electron chi connectivity index (χ0n) is 7.35. The van der Waals surface area contributed by atoms with E-state index in [0.29, 0.717) is 17.3 Å². The SMILES string of the molecule is COc1ccc(-c2noc(=O)[nH]2)nc1. The number of aromatic nitrogens is 3. The molecule has 0 atom stereocenters. The number of aromatic amines is 1. The Morgan fingerprint density at radius 1 is 1.50 bits per heavy atom. The highest BCUT2D eigenvalue weighted by molar-refractivity contribution is 5.48. The van der Waals surface area contributed by atoms with Crippen LogP contribution in [-0.4, -0.2) is 22.2 Å². The highest BCUT2D eigenvalue weighted by atomic mass is 16.5. The van der Waals surface area contributed by atoms with Gasteiger partial charge in [0.05, 0.1) is 13.3 Å². The molecule has 2 rings (SSSR count). The van der Waals surface area contributed by atoms with Crippen LogP contribution in [0.2, 0.25) is 0 Å². The van der Waals surface area contributed by atoms with Crippen molar-refractivity contribution in [2.24, 2.45) is 0 Å². The van der Waals surface area contributed by atoms with Gasteiger partial charge in [-0.25, -0.2) is 9.78 Å². The fourth-order valence-electron chi connectivity index (χ4n) is 0.981. The fourth-order valence-corrected chi connectivity index (χ4v) is 0.981. The van der Waals surface area contributed by atoms with Crippen molar-refractivity contribution in [3.05, 3.63) is 28.9 Å². The summed E-state index contributed by atoms with van der Waals surface area (Å²) in [6.07, 6.45) is 1.53. The number of hydrogen-bond acceptors (Lipinski definition) is 5. The van der Waals surface area contributed by atoms with E-state index in [1.165, 1.54) is 6.20 Å². The largest absolute Gasteiger partial charge is 0.495 e. The summed E-state index contributed by atoms with van der Waals surface area (Å²) < 4.78 is 9.28. The summed E-state index contributed by atoms with van der Waals surface area (Å²) in [6, 6.07) is 3.39. The lowest BCUT2D eigenvalue weighted by Gasteiger charge is -1.98. The Morgan fingerprint density at radius 2 is 2.36 bits per heavy atom. The molecule has 0 saturated heterocycles. The Hall–Kier alpha value is -2.11. The van der Waals surface area contributed by atoms with E-state index in [9.17, 15) is 4.79 Å². The molecule has 0 amide bonds. The zero-order chi connectivity index (χ0) is 9.97. The summed E-state index contributed by atoms with van der Waals surface area (Å²) in [4.78, 5) is 17.1. The number of nitrogens with zero attached hydrogens (tertiary/aromatic N) is 2. The first-order valence-electron chi connectivity index (χ1n) is 3.86. The summed E-state index contributed by atoms with van der Waals surface area (Å²) in [5.41, 5.74) is 0.525. The normalized spacial score (nSPS) is 10.1. The third-order valence-electron chi connectivity index (χ3n) is 1.65. The molecule has 0 aromatic carbocycles. The number of nitrogens with one attached hydrogen (secondary N) is 1. The van der Waals surface area contributed by atoms with Crippen LogP contribution in [0.5, 0.6) is 5.75 Å². The Morgan fingerprint density at radius 3 is 2.86 bits per heavy atom. The average molecular weight is 193 g/mol. The first-order valence-corrected chi connectivity index (χ1v) is 3.86. The Kier molecular flexibility index (Phi) is 2.02. The number of pyridine rings is 1. The summed E-state index contributed by atoms with van der Waals surface area (Å²) in [5.74, 6) is 0.342. The molecular weight excluding hydrogens is 186 g/mol. The van der Waals surface area contributed by atoms with Crippen molar-refractivity contribution in [2.45, 2.75) is 0 Å². The Bertz CT molecular complexity index is 471. The maximum Gasteiger partial charge on any atom is 0.439 e. The minimum absolute atomic E-state index is 0.303. The number of methoxy groups -OCH3 is 1. The van der Waals surface area contributed by atoms with Crippen LogP contribution in [-0.2, 0) is 0 Å². The first kappa shape index (κ1) is 8.49. The average Bonchev–Trinajstić information content (AvgIpc) is 2.65. The first-order chi connectivity index (χ1) is 6.79. The van der Waals surface area contributed by atoms with Gasteiger partial charge in [0.15, 0.2) is 0 Å². The van der Waals surface area contributed by atoms with Gasteiger partial charge in [0.25, 0.3) is 0 Å². The zero-order valence-corrected chi connectivity index (χ0v) is 7.35. The molecule has 0 spiro atoms. The number of hydrogen-bond donors (Lipinski definition) is 1. The van der Waals surface area contributed by atoms with E-state index in [4.69, 9.17) is 4.74 Å². The number of rotatable bonds is 2. The second-order valence-electron chi connectivity index (χ2n) is 2.53. The molecule has 2 heterocycles. The van der Waals surface area contributed by atoms with Crippen LogP contribution in [0, 0.1) is 0 Å². The van der Waals surface area contributed by atoms with Gasteiger partial charge in [-0.05, 0) is 12.1 Å². The minimum Gasteiger partial charge on any atom is -0.495 e. The lowest BCUT2D eigenvalue weighted by molar-refractivity contribution is 0.387. The van der Waals surface area contributed by atoms with Crippen LogP contribution >= 0.6 is 0 Å². The summed E-state index contributed by atoms with van der Waals surface area (Å²) >= 11 is 0. The molecule has 14 heavy (non-hydrogen) atoms. The van der Waals surface area contributed by atoms with Gasteiger partial charge in [0.1, 0.15) is 11.4 Å². The fraction of sp³-hybridized carbons (Fsp3) is 0.125. The van der Waals surface area contributed by atoms with Crippen molar-refractivity contribution in [2.75, 3.05) is 7.11 Å². The highest BCUT2D eigenvalue weighted by Crippen LogP contribution is 2.13. The van der Waals surface area contributed by atoms with Gasteiger partial charge < -0.3 is 4.74 Å². The van der Waals surface area contributed by atoms with E-state index in [-0.39, 0.29) is 0 Å². The van der Waals surface area contributed by atoms with Gasteiger partial charge >= 0.3 is 5.76 Å². The van der Waals surface area contributed by atoms with Crippen LogP contribution in [0.15, 0.2) is 27.6 Å². The van der Waals surface area contributed by atoms with Crippen LogP contribution < -0.4 is 10.5 Å². The summed E-state index contributed by atoms with van der Waals surface area (Å²) in [5, 5.41) is 3.50. The molecule has 1 N–H and O–H groups in total. The van der Waals surface area contributed by atoms with Crippen molar-refractivity contribution >= 4 is 0 Å². The van der Waals surface area contributed by atoms with Gasteiger partial charge in [0, 0.05) is 0 Å². The lowest BCUT2D eigenvalue weighted by Crippen LogP contribution is -1.95. The smallest absolute Gasteiger partial charge is 0.439 e. The molecule has 0 bridgehead atoms. The van der Waals surface area contributed by atoms with Crippen molar-refractivity contribution in [3.8, 4) is 17.3 Å². The van der Waals surface area contributed by atoms with E-state index in [2.05, 4.69) is 19.6 Å². The molecule has 2 aromatic rings. The minimum atomic E-state index is -0.599. The third-order valence-corrected chi connectivity index (χ3v) is 1.65. The van der Waals surface area contributed by atoms with Crippen LogP contribution in [0.4, 0.5) is 0 Å². The number of H-pyrrole nitrogens is 1. The standard InChI is InChI=1S/C8H7N3O3/c1-13-5-2-3-6(9-4-5)7-10-8(12)14-11-7/h2-4H,1H3,(H,10,11,12). The Labute approximate surface area is 78.5 Å².